The van der Waals surface area contributed by atoms with Crippen molar-refractivity contribution >= 4 is 17.9 Å². The molecule has 20 heavy (non-hydrogen) atoms. The van der Waals surface area contributed by atoms with E-state index in [9.17, 15) is 14.4 Å². The highest BCUT2D eigenvalue weighted by atomic mass is 16.5. The summed E-state index contributed by atoms with van der Waals surface area (Å²) in [6, 6.07) is -1.27. The minimum absolute atomic E-state index is 0.0529. The highest BCUT2D eigenvalue weighted by Gasteiger charge is 2.41. The number of hydrogen-bond acceptors (Lipinski definition) is 4. The number of urea groups is 1. The average Bonchev–Trinajstić information content (AvgIpc) is 3.23. The molecule has 0 spiro atoms. The lowest BCUT2D eigenvalue weighted by Gasteiger charge is -2.36. The summed E-state index contributed by atoms with van der Waals surface area (Å²) in [5.41, 5.74) is 0. The van der Waals surface area contributed by atoms with Crippen molar-refractivity contribution in [3.05, 3.63) is 0 Å². The first kappa shape index (κ1) is 14.6. The Labute approximate surface area is 116 Å². The van der Waals surface area contributed by atoms with Crippen LogP contribution in [0.15, 0.2) is 0 Å². The molecular formula is C12H19N3O5. The molecule has 1 saturated heterocycles. The van der Waals surface area contributed by atoms with Gasteiger partial charge in [0, 0.05) is 26.2 Å². The maximum Gasteiger partial charge on any atom is 0.328 e. The Morgan fingerprint density at radius 1 is 1.50 bits per heavy atom. The molecule has 112 valence electrons. The molecule has 0 bridgehead atoms. The predicted octanol–water partition coefficient (Wildman–Crippen LogP) is -0.898. The monoisotopic (exact) mass is 285 g/mol. The van der Waals surface area contributed by atoms with Gasteiger partial charge in [-0.05, 0) is 12.8 Å². The molecule has 2 rings (SSSR count). The van der Waals surface area contributed by atoms with Crippen molar-refractivity contribution in [1.82, 2.24) is 15.1 Å². The van der Waals surface area contributed by atoms with Gasteiger partial charge in [0.1, 0.15) is 12.6 Å². The number of carbonyl (C=O) groups excluding carboxylic acids is 2. The summed E-state index contributed by atoms with van der Waals surface area (Å²) in [4.78, 5) is 37.9. The molecule has 2 fully saturated rings. The van der Waals surface area contributed by atoms with E-state index in [0.717, 1.165) is 17.7 Å². The summed E-state index contributed by atoms with van der Waals surface area (Å²) in [6.45, 7) is 0.527. The number of nitrogens with zero attached hydrogens (tertiary/aromatic N) is 2. The highest BCUT2D eigenvalue weighted by Crippen LogP contribution is 2.28. The maximum atomic E-state index is 12.5. The van der Waals surface area contributed by atoms with Crippen LogP contribution in [0.4, 0.5) is 4.79 Å². The molecule has 0 aromatic carbocycles. The Morgan fingerprint density at radius 2 is 2.20 bits per heavy atom. The van der Waals surface area contributed by atoms with E-state index in [-0.39, 0.29) is 25.0 Å². The van der Waals surface area contributed by atoms with Crippen LogP contribution in [-0.4, -0.2) is 78.2 Å². The molecule has 0 aromatic heterocycles. The standard InChI is InChI=1S/C12H19N3O5/c1-20-5-4-14(8-2-3-8)12(19)15-7-10(16)13-6-9(15)11(17)18/h8-9H,2-7H2,1H3,(H,13,16)(H,17,18). The first-order valence-electron chi connectivity index (χ1n) is 6.60. The van der Waals surface area contributed by atoms with Gasteiger partial charge in [0.15, 0.2) is 0 Å². The predicted molar refractivity (Wildman–Crippen MR) is 68.1 cm³/mol. The van der Waals surface area contributed by atoms with E-state index in [2.05, 4.69) is 5.32 Å². The molecule has 2 N–H and O–H groups in total. The van der Waals surface area contributed by atoms with Crippen molar-refractivity contribution in [3.8, 4) is 0 Å². The molecule has 1 unspecified atom stereocenters. The normalized spacial score (nSPS) is 22.4. The van der Waals surface area contributed by atoms with E-state index in [1.807, 2.05) is 0 Å². The van der Waals surface area contributed by atoms with Crippen LogP contribution in [0.25, 0.3) is 0 Å². The van der Waals surface area contributed by atoms with E-state index in [4.69, 9.17) is 9.84 Å². The Kier molecular flexibility index (Phi) is 4.43. The van der Waals surface area contributed by atoms with Crippen LogP contribution in [0.3, 0.4) is 0 Å². The van der Waals surface area contributed by atoms with Crippen LogP contribution in [0.5, 0.6) is 0 Å². The smallest absolute Gasteiger partial charge is 0.328 e. The number of nitrogens with one attached hydrogen (secondary N) is 1. The van der Waals surface area contributed by atoms with Gasteiger partial charge in [0.25, 0.3) is 0 Å². The minimum atomic E-state index is -1.11. The molecular weight excluding hydrogens is 266 g/mol. The lowest BCUT2D eigenvalue weighted by Crippen LogP contribution is -2.62. The summed E-state index contributed by atoms with van der Waals surface area (Å²) >= 11 is 0. The molecule has 1 aliphatic heterocycles. The molecule has 8 nitrogen and oxygen atoms in total. The third kappa shape index (κ3) is 3.19. The number of carbonyl (C=O) groups is 3. The van der Waals surface area contributed by atoms with Gasteiger partial charge in [-0.15, -0.1) is 0 Å². The van der Waals surface area contributed by atoms with Crippen molar-refractivity contribution < 1.29 is 24.2 Å². The van der Waals surface area contributed by atoms with Gasteiger partial charge < -0.3 is 20.1 Å². The SMILES string of the molecule is COCCN(C(=O)N1CC(=O)NCC1C(=O)O)C1CC1. The minimum Gasteiger partial charge on any atom is -0.480 e. The first-order chi connectivity index (χ1) is 9.54. The Balaban J connectivity index is 2.09. The van der Waals surface area contributed by atoms with E-state index in [1.165, 1.54) is 0 Å². The van der Waals surface area contributed by atoms with Crippen molar-refractivity contribution in [2.45, 2.75) is 24.9 Å². The zero-order chi connectivity index (χ0) is 14.7. The number of rotatable bonds is 5. The van der Waals surface area contributed by atoms with E-state index in [0.29, 0.717) is 13.2 Å². The lowest BCUT2D eigenvalue weighted by atomic mass is 10.2. The summed E-state index contributed by atoms with van der Waals surface area (Å²) < 4.78 is 4.98. The van der Waals surface area contributed by atoms with Crippen molar-refractivity contribution in [1.29, 1.82) is 0 Å². The summed E-state index contributed by atoms with van der Waals surface area (Å²) in [5.74, 6) is -1.45. The van der Waals surface area contributed by atoms with E-state index in [1.54, 1.807) is 12.0 Å². The second-order valence-electron chi connectivity index (χ2n) is 4.99. The third-order valence-corrected chi connectivity index (χ3v) is 3.48. The second-order valence-corrected chi connectivity index (χ2v) is 4.99. The number of hydrogen-bond donors (Lipinski definition) is 2. The summed E-state index contributed by atoms with van der Waals surface area (Å²) in [6.07, 6.45) is 1.82. The third-order valence-electron chi connectivity index (χ3n) is 3.48. The van der Waals surface area contributed by atoms with Gasteiger partial charge in [0.05, 0.1) is 6.61 Å². The van der Waals surface area contributed by atoms with Crippen molar-refractivity contribution in [3.63, 3.8) is 0 Å². The second kappa shape index (κ2) is 6.08. The molecule has 1 heterocycles. The van der Waals surface area contributed by atoms with Crippen molar-refractivity contribution in [2.24, 2.45) is 0 Å². The van der Waals surface area contributed by atoms with Gasteiger partial charge in [0.2, 0.25) is 5.91 Å². The first-order valence-corrected chi connectivity index (χ1v) is 6.60. The van der Waals surface area contributed by atoms with E-state index < -0.39 is 18.0 Å². The number of piperazine rings is 1. The number of methoxy groups -OCH3 is 1. The zero-order valence-corrected chi connectivity index (χ0v) is 11.4. The van der Waals surface area contributed by atoms with Gasteiger partial charge in [-0.1, -0.05) is 0 Å². The molecule has 1 saturated carbocycles. The van der Waals surface area contributed by atoms with Crippen LogP contribution in [0.1, 0.15) is 12.8 Å². The van der Waals surface area contributed by atoms with Crippen LogP contribution in [-0.2, 0) is 14.3 Å². The Bertz CT molecular complexity index is 410. The van der Waals surface area contributed by atoms with Gasteiger partial charge >= 0.3 is 12.0 Å². The molecule has 8 heteroatoms. The van der Waals surface area contributed by atoms with Crippen LogP contribution >= 0.6 is 0 Å². The van der Waals surface area contributed by atoms with Crippen LogP contribution in [0, 0.1) is 0 Å². The molecule has 0 aromatic rings. The fraction of sp³-hybridized carbons (Fsp3) is 0.750. The number of amides is 3. The Morgan fingerprint density at radius 3 is 2.75 bits per heavy atom. The molecule has 1 atom stereocenters. The average molecular weight is 285 g/mol. The number of aliphatic carboxylic acids is 1. The van der Waals surface area contributed by atoms with Crippen molar-refractivity contribution in [2.75, 3.05) is 33.4 Å². The summed E-state index contributed by atoms with van der Waals surface area (Å²) in [7, 11) is 1.55. The number of carboxylic acid groups (broad SMARTS) is 1. The number of carboxylic acids is 1. The molecule has 2 aliphatic rings. The van der Waals surface area contributed by atoms with Gasteiger partial charge in [-0.2, -0.15) is 0 Å². The molecule has 1 aliphatic carbocycles. The zero-order valence-electron chi connectivity index (χ0n) is 11.4. The maximum absolute atomic E-state index is 12.5. The number of ether oxygens (including phenoxy) is 1. The fourth-order valence-electron chi connectivity index (χ4n) is 2.24. The van der Waals surface area contributed by atoms with Gasteiger partial charge in [-0.25, -0.2) is 9.59 Å². The van der Waals surface area contributed by atoms with E-state index >= 15 is 0 Å². The van der Waals surface area contributed by atoms with Crippen LogP contribution < -0.4 is 5.32 Å². The summed E-state index contributed by atoms with van der Waals surface area (Å²) in [5, 5.41) is 11.6. The topological polar surface area (TPSA) is 99.2 Å². The van der Waals surface area contributed by atoms with Gasteiger partial charge in [-0.3, -0.25) is 9.69 Å². The fourth-order valence-corrected chi connectivity index (χ4v) is 2.24. The quantitative estimate of drug-likeness (QED) is 0.682. The highest BCUT2D eigenvalue weighted by molar-refractivity contribution is 5.90. The molecule has 3 amide bonds. The lowest BCUT2D eigenvalue weighted by molar-refractivity contribution is -0.144. The Hall–Kier alpha value is -1.83. The van der Waals surface area contributed by atoms with Crippen LogP contribution in [0.2, 0.25) is 0 Å². The molecule has 0 radical (unpaired) electrons. The largest absolute Gasteiger partial charge is 0.480 e.